The van der Waals surface area contributed by atoms with Crippen LogP contribution in [0.1, 0.15) is 10.4 Å². The van der Waals surface area contributed by atoms with Crippen LogP contribution in [-0.2, 0) is 9.53 Å². The monoisotopic (exact) mass is 323 g/mol. The van der Waals surface area contributed by atoms with Crippen LogP contribution in [0.15, 0.2) is 46.4 Å². The molecule has 0 unspecified atom stereocenters. The first kappa shape index (κ1) is 13.4. The molecule has 1 aromatic carbocycles. The van der Waals surface area contributed by atoms with Crippen LogP contribution in [-0.4, -0.2) is 11.9 Å². The summed E-state index contributed by atoms with van der Waals surface area (Å²) in [5.74, 6) is -0.324. The lowest BCUT2D eigenvalue weighted by molar-refractivity contribution is -0.129. The zero-order valence-electron chi connectivity index (χ0n) is 9.97. The van der Waals surface area contributed by atoms with Gasteiger partial charge < -0.3 is 4.74 Å². The standard InChI is InChI=1S/C14H7Cl2NO2S/c15-8-3-4-11(16)10(6-8)13-17-12(14(18)19-13)7-9-2-1-5-20-9/h1-7H/b12-7-. The van der Waals surface area contributed by atoms with Crippen LogP contribution in [0.4, 0.5) is 0 Å². The van der Waals surface area contributed by atoms with Gasteiger partial charge in [-0.15, -0.1) is 11.3 Å². The number of cyclic esters (lactones) is 1. The van der Waals surface area contributed by atoms with Crippen LogP contribution in [0.25, 0.3) is 6.08 Å². The molecule has 1 aliphatic heterocycles. The molecule has 6 heteroatoms. The molecule has 100 valence electrons. The van der Waals surface area contributed by atoms with E-state index in [1.54, 1.807) is 24.3 Å². The predicted molar refractivity (Wildman–Crippen MR) is 81.4 cm³/mol. The molecule has 2 heterocycles. The number of rotatable bonds is 2. The van der Waals surface area contributed by atoms with Crippen LogP contribution in [0.2, 0.25) is 10.0 Å². The largest absolute Gasteiger partial charge is 0.402 e. The van der Waals surface area contributed by atoms with Crippen molar-refractivity contribution >= 4 is 52.5 Å². The molecule has 0 N–H and O–H groups in total. The minimum Gasteiger partial charge on any atom is -0.402 e. The molecule has 2 aromatic rings. The summed E-state index contributed by atoms with van der Waals surface area (Å²) in [4.78, 5) is 16.9. The van der Waals surface area contributed by atoms with Gasteiger partial charge in [0, 0.05) is 9.90 Å². The first-order valence-corrected chi connectivity index (χ1v) is 7.28. The van der Waals surface area contributed by atoms with Crippen molar-refractivity contribution < 1.29 is 9.53 Å². The van der Waals surface area contributed by atoms with E-state index in [9.17, 15) is 4.79 Å². The van der Waals surface area contributed by atoms with Crippen molar-refractivity contribution in [1.29, 1.82) is 0 Å². The molecular formula is C14H7Cl2NO2S. The van der Waals surface area contributed by atoms with Gasteiger partial charge in [-0.25, -0.2) is 9.79 Å². The van der Waals surface area contributed by atoms with E-state index < -0.39 is 5.97 Å². The van der Waals surface area contributed by atoms with Gasteiger partial charge in [-0.1, -0.05) is 29.3 Å². The molecule has 0 atom stereocenters. The molecule has 3 rings (SSSR count). The normalized spacial score (nSPS) is 16.4. The van der Waals surface area contributed by atoms with Crippen LogP contribution >= 0.6 is 34.5 Å². The molecule has 0 spiro atoms. The fraction of sp³-hybridized carbons (Fsp3) is 0. The number of carbonyl (C=O) groups is 1. The second kappa shape index (κ2) is 5.40. The quantitative estimate of drug-likeness (QED) is 0.607. The number of halogens is 2. The Hall–Kier alpha value is -1.62. The Bertz CT molecular complexity index is 736. The maximum atomic E-state index is 11.8. The van der Waals surface area contributed by atoms with Crippen molar-refractivity contribution in [3.05, 3.63) is 61.9 Å². The highest BCUT2D eigenvalue weighted by molar-refractivity contribution is 7.10. The van der Waals surface area contributed by atoms with E-state index in [-0.39, 0.29) is 11.6 Å². The predicted octanol–water partition coefficient (Wildman–Crippen LogP) is 4.40. The van der Waals surface area contributed by atoms with Crippen molar-refractivity contribution in [2.75, 3.05) is 0 Å². The number of thiophene rings is 1. The summed E-state index contributed by atoms with van der Waals surface area (Å²) in [6.07, 6.45) is 1.68. The number of esters is 1. The third kappa shape index (κ3) is 2.63. The number of hydrogen-bond donors (Lipinski definition) is 0. The van der Waals surface area contributed by atoms with E-state index in [1.807, 2.05) is 17.5 Å². The number of ether oxygens (including phenoxy) is 1. The molecule has 3 nitrogen and oxygen atoms in total. The van der Waals surface area contributed by atoms with Gasteiger partial charge >= 0.3 is 5.97 Å². The summed E-state index contributed by atoms with van der Waals surface area (Å²) in [6, 6.07) is 8.70. The molecule has 1 aliphatic rings. The van der Waals surface area contributed by atoms with Gasteiger partial charge in [-0.3, -0.25) is 0 Å². The number of hydrogen-bond acceptors (Lipinski definition) is 4. The lowest BCUT2D eigenvalue weighted by atomic mass is 10.2. The minimum atomic E-state index is -0.496. The Kier molecular flexibility index (Phi) is 3.61. The fourth-order valence-corrected chi connectivity index (χ4v) is 2.72. The van der Waals surface area contributed by atoms with E-state index in [4.69, 9.17) is 27.9 Å². The average Bonchev–Trinajstić information content (AvgIpc) is 3.04. The summed E-state index contributed by atoms with van der Waals surface area (Å²) in [7, 11) is 0. The summed E-state index contributed by atoms with van der Waals surface area (Å²) in [5, 5.41) is 2.85. The molecule has 0 bridgehead atoms. The summed E-state index contributed by atoms with van der Waals surface area (Å²) >= 11 is 13.5. The second-order valence-electron chi connectivity index (χ2n) is 3.98. The molecule has 0 fully saturated rings. The van der Waals surface area contributed by atoms with E-state index >= 15 is 0 Å². The molecule has 0 amide bonds. The smallest absolute Gasteiger partial charge is 0.363 e. The highest BCUT2D eigenvalue weighted by Gasteiger charge is 2.25. The van der Waals surface area contributed by atoms with Crippen molar-refractivity contribution in [3.8, 4) is 0 Å². The van der Waals surface area contributed by atoms with Gasteiger partial charge in [0.2, 0.25) is 5.90 Å². The van der Waals surface area contributed by atoms with Crippen LogP contribution in [0, 0.1) is 0 Å². The molecule has 0 saturated carbocycles. The van der Waals surface area contributed by atoms with Gasteiger partial charge in [0.1, 0.15) is 0 Å². The lowest BCUT2D eigenvalue weighted by Crippen LogP contribution is -2.05. The zero-order valence-corrected chi connectivity index (χ0v) is 12.3. The van der Waals surface area contributed by atoms with Crippen LogP contribution in [0.3, 0.4) is 0 Å². The first-order chi connectivity index (χ1) is 9.63. The number of benzene rings is 1. The minimum absolute atomic E-state index is 0.172. The maximum Gasteiger partial charge on any atom is 0.363 e. The second-order valence-corrected chi connectivity index (χ2v) is 5.80. The third-order valence-corrected chi connectivity index (χ3v) is 3.99. The highest BCUT2D eigenvalue weighted by Crippen LogP contribution is 2.26. The van der Waals surface area contributed by atoms with Gasteiger partial charge in [0.15, 0.2) is 5.70 Å². The zero-order chi connectivity index (χ0) is 14.1. The summed E-state index contributed by atoms with van der Waals surface area (Å²) < 4.78 is 5.15. The third-order valence-electron chi connectivity index (χ3n) is 2.60. The van der Waals surface area contributed by atoms with Gasteiger partial charge in [0.25, 0.3) is 0 Å². The fourth-order valence-electron chi connectivity index (χ4n) is 1.69. The molecule has 0 radical (unpaired) electrons. The Morgan fingerprint density at radius 2 is 2.10 bits per heavy atom. The Morgan fingerprint density at radius 3 is 2.85 bits per heavy atom. The molecule has 0 aliphatic carbocycles. The van der Waals surface area contributed by atoms with Gasteiger partial charge in [0.05, 0.1) is 10.6 Å². The SMILES string of the molecule is O=C1OC(c2cc(Cl)ccc2Cl)=N/C1=C\c1cccs1. The van der Waals surface area contributed by atoms with E-state index in [1.165, 1.54) is 11.3 Å². The Balaban J connectivity index is 2.00. The lowest BCUT2D eigenvalue weighted by Gasteiger charge is -2.02. The molecule has 1 aromatic heterocycles. The van der Waals surface area contributed by atoms with E-state index in [0.717, 1.165) is 4.88 Å². The highest BCUT2D eigenvalue weighted by atomic mass is 35.5. The van der Waals surface area contributed by atoms with Crippen molar-refractivity contribution in [1.82, 2.24) is 0 Å². The Morgan fingerprint density at radius 1 is 1.25 bits per heavy atom. The topological polar surface area (TPSA) is 38.7 Å². The number of aliphatic imine (C=N–C) groups is 1. The molecule has 0 saturated heterocycles. The Labute approximate surface area is 129 Å². The van der Waals surface area contributed by atoms with E-state index in [0.29, 0.717) is 15.6 Å². The molecule has 20 heavy (non-hydrogen) atoms. The van der Waals surface area contributed by atoms with Crippen LogP contribution in [0.5, 0.6) is 0 Å². The van der Waals surface area contributed by atoms with Crippen molar-refractivity contribution in [2.45, 2.75) is 0 Å². The van der Waals surface area contributed by atoms with Crippen molar-refractivity contribution in [2.24, 2.45) is 4.99 Å². The van der Waals surface area contributed by atoms with Crippen LogP contribution < -0.4 is 0 Å². The average molecular weight is 324 g/mol. The van der Waals surface area contributed by atoms with E-state index in [2.05, 4.69) is 4.99 Å². The van der Waals surface area contributed by atoms with Gasteiger partial charge in [-0.05, 0) is 35.7 Å². The van der Waals surface area contributed by atoms with Gasteiger partial charge in [-0.2, -0.15) is 0 Å². The van der Waals surface area contributed by atoms with Crippen molar-refractivity contribution in [3.63, 3.8) is 0 Å². The maximum absolute atomic E-state index is 11.8. The number of carbonyl (C=O) groups excluding carboxylic acids is 1. The first-order valence-electron chi connectivity index (χ1n) is 5.65. The number of nitrogens with zero attached hydrogens (tertiary/aromatic N) is 1. The summed E-state index contributed by atoms with van der Waals surface area (Å²) in [5.41, 5.74) is 0.751. The summed E-state index contributed by atoms with van der Waals surface area (Å²) in [6.45, 7) is 0. The molecular weight excluding hydrogens is 317 g/mol.